The molecule has 4 heteroatoms. The maximum atomic E-state index is 12.2. The van der Waals surface area contributed by atoms with Gasteiger partial charge < -0.3 is 10.5 Å². The molecular weight excluding hydrogens is 236 g/mol. The van der Waals surface area contributed by atoms with Crippen molar-refractivity contribution in [1.82, 2.24) is 0 Å². The molecule has 0 saturated heterocycles. The fourth-order valence-electron chi connectivity index (χ4n) is 2.84. The van der Waals surface area contributed by atoms with Crippen LogP contribution >= 0.6 is 0 Å². The van der Waals surface area contributed by atoms with Crippen LogP contribution in [0.3, 0.4) is 0 Å². The lowest BCUT2D eigenvalue weighted by Crippen LogP contribution is -2.37. The van der Waals surface area contributed by atoms with E-state index in [0.717, 1.165) is 31.2 Å². The van der Waals surface area contributed by atoms with Gasteiger partial charge in [0.1, 0.15) is 5.75 Å². The molecule has 18 heavy (non-hydrogen) atoms. The van der Waals surface area contributed by atoms with Crippen LogP contribution in [0.15, 0.2) is 24.3 Å². The van der Waals surface area contributed by atoms with Gasteiger partial charge in [-0.2, -0.15) is 8.78 Å². The van der Waals surface area contributed by atoms with Crippen LogP contribution in [-0.2, 0) is 5.41 Å². The predicted octanol–water partition coefficient (Wildman–Crippen LogP) is 3.45. The second-order valence-corrected chi connectivity index (χ2v) is 4.95. The van der Waals surface area contributed by atoms with Crippen molar-refractivity contribution >= 4 is 0 Å². The number of benzene rings is 1. The average molecular weight is 255 g/mol. The molecule has 2 rings (SSSR count). The number of rotatable bonds is 4. The Morgan fingerprint density at radius 2 is 1.94 bits per heavy atom. The maximum absolute atomic E-state index is 12.2. The minimum absolute atomic E-state index is 0.0558. The number of hydrogen-bond donors (Lipinski definition) is 1. The Morgan fingerprint density at radius 3 is 2.56 bits per heavy atom. The normalized spacial score (nSPS) is 18.9. The van der Waals surface area contributed by atoms with Crippen molar-refractivity contribution in [3.63, 3.8) is 0 Å². The van der Waals surface area contributed by atoms with E-state index in [2.05, 4.69) is 4.74 Å². The smallest absolute Gasteiger partial charge is 0.387 e. The van der Waals surface area contributed by atoms with Crippen molar-refractivity contribution < 1.29 is 13.5 Å². The summed E-state index contributed by atoms with van der Waals surface area (Å²) < 4.78 is 28.9. The molecule has 1 saturated carbocycles. The van der Waals surface area contributed by atoms with Crippen LogP contribution in [0.5, 0.6) is 5.75 Å². The highest BCUT2D eigenvalue weighted by molar-refractivity contribution is 5.34. The molecule has 0 spiro atoms. The van der Waals surface area contributed by atoms with Gasteiger partial charge in [-0.05, 0) is 30.5 Å². The Bertz CT molecular complexity index is 389. The fourth-order valence-corrected chi connectivity index (χ4v) is 2.84. The first-order valence-electron chi connectivity index (χ1n) is 6.42. The third-order valence-electron chi connectivity index (χ3n) is 3.87. The highest BCUT2D eigenvalue weighted by Crippen LogP contribution is 2.39. The molecule has 1 aliphatic rings. The first-order valence-corrected chi connectivity index (χ1v) is 6.42. The molecule has 0 amide bonds. The van der Waals surface area contributed by atoms with Gasteiger partial charge in [0.05, 0.1) is 0 Å². The van der Waals surface area contributed by atoms with Crippen LogP contribution in [0.4, 0.5) is 8.78 Å². The molecule has 0 atom stereocenters. The lowest BCUT2D eigenvalue weighted by Gasteiger charge is -2.37. The minimum atomic E-state index is -2.78. The number of nitrogens with two attached hydrogens (primary N) is 1. The van der Waals surface area contributed by atoms with Gasteiger partial charge in [0, 0.05) is 12.0 Å². The topological polar surface area (TPSA) is 35.2 Å². The summed E-state index contributed by atoms with van der Waals surface area (Å²) in [5.74, 6) is 0.223. The quantitative estimate of drug-likeness (QED) is 0.894. The van der Waals surface area contributed by atoms with Crippen molar-refractivity contribution in [1.29, 1.82) is 0 Å². The lowest BCUT2D eigenvalue weighted by molar-refractivity contribution is -0.0499. The molecule has 0 unspecified atom stereocenters. The van der Waals surface area contributed by atoms with E-state index >= 15 is 0 Å². The van der Waals surface area contributed by atoms with Gasteiger partial charge in [0.25, 0.3) is 0 Å². The molecule has 0 heterocycles. The summed E-state index contributed by atoms with van der Waals surface area (Å²) in [6, 6.07) is 7.00. The average Bonchev–Trinajstić information content (AvgIpc) is 2.39. The molecule has 100 valence electrons. The minimum Gasteiger partial charge on any atom is -0.435 e. The third-order valence-corrected chi connectivity index (χ3v) is 3.87. The van der Waals surface area contributed by atoms with Crippen molar-refractivity contribution in [2.75, 3.05) is 6.54 Å². The van der Waals surface area contributed by atoms with Crippen molar-refractivity contribution in [2.24, 2.45) is 5.73 Å². The maximum Gasteiger partial charge on any atom is 0.387 e. The summed E-state index contributed by atoms with van der Waals surface area (Å²) in [4.78, 5) is 0. The molecule has 2 N–H and O–H groups in total. The second kappa shape index (κ2) is 5.65. The lowest BCUT2D eigenvalue weighted by atomic mass is 9.69. The summed E-state index contributed by atoms with van der Waals surface area (Å²) in [7, 11) is 0. The largest absolute Gasteiger partial charge is 0.435 e. The summed E-state index contributed by atoms with van der Waals surface area (Å²) in [5, 5.41) is 0. The van der Waals surface area contributed by atoms with Crippen LogP contribution < -0.4 is 10.5 Å². The monoisotopic (exact) mass is 255 g/mol. The number of halogens is 2. The molecule has 2 nitrogen and oxygen atoms in total. The highest BCUT2D eigenvalue weighted by Gasteiger charge is 2.32. The summed E-state index contributed by atoms with van der Waals surface area (Å²) in [5.41, 5.74) is 6.91. The van der Waals surface area contributed by atoms with E-state index in [-0.39, 0.29) is 11.2 Å². The van der Waals surface area contributed by atoms with Gasteiger partial charge in [-0.15, -0.1) is 0 Å². The molecule has 0 aromatic heterocycles. The number of hydrogen-bond acceptors (Lipinski definition) is 2. The van der Waals surface area contributed by atoms with E-state index in [1.165, 1.54) is 6.42 Å². The fraction of sp³-hybridized carbons (Fsp3) is 0.571. The standard InChI is InChI=1S/C14H19F2NO/c15-13(16)18-12-6-4-5-11(9-12)14(10-17)7-2-1-3-8-14/h4-6,9,13H,1-3,7-8,10,17H2. The van der Waals surface area contributed by atoms with Gasteiger partial charge >= 0.3 is 6.61 Å². The van der Waals surface area contributed by atoms with E-state index < -0.39 is 6.61 Å². The van der Waals surface area contributed by atoms with E-state index in [9.17, 15) is 8.78 Å². The molecule has 1 fully saturated rings. The molecule has 0 aliphatic heterocycles. The van der Waals surface area contributed by atoms with E-state index in [0.29, 0.717) is 6.54 Å². The van der Waals surface area contributed by atoms with Crippen LogP contribution in [0.25, 0.3) is 0 Å². The van der Waals surface area contributed by atoms with Crippen LogP contribution in [0.1, 0.15) is 37.7 Å². The van der Waals surface area contributed by atoms with Crippen molar-refractivity contribution in [3.05, 3.63) is 29.8 Å². The molecule has 1 aromatic carbocycles. The highest BCUT2D eigenvalue weighted by atomic mass is 19.3. The summed E-state index contributed by atoms with van der Waals surface area (Å²) in [6.45, 7) is -2.22. The second-order valence-electron chi connectivity index (χ2n) is 4.95. The Morgan fingerprint density at radius 1 is 1.22 bits per heavy atom. The van der Waals surface area contributed by atoms with E-state index in [4.69, 9.17) is 5.73 Å². The zero-order valence-corrected chi connectivity index (χ0v) is 10.4. The zero-order chi connectivity index (χ0) is 13.0. The number of alkyl halides is 2. The Labute approximate surface area is 106 Å². The van der Waals surface area contributed by atoms with Crippen molar-refractivity contribution in [3.8, 4) is 5.75 Å². The number of ether oxygens (including phenoxy) is 1. The van der Waals surface area contributed by atoms with Gasteiger partial charge in [-0.3, -0.25) is 0 Å². The summed E-state index contributed by atoms with van der Waals surface area (Å²) in [6.07, 6.45) is 5.59. The van der Waals surface area contributed by atoms with Crippen LogP contribution in [0.2, 0.25) is 0 Å². The van der Waals surface area contributed by atoms with Gasteiger partial charge in [-0.25, -0.2) is 0 Å². The van der Waals surface area contributed by atoms with Crippen LogP contribution in [-0.4, -0.2) is 13.2 Å². The molecule has 1 aromatic rings. The Balaban J connectivity index is 2.25. The van der Waals surface area contributed by atoms with Gasteiger partial charge in [0.15, 0.2) is 0 Å². The summed E-state index contributed by atoms with van der Waals surface area (Å²) >= 11 is 0. The predicted molar refractivity (Wildman–Crippen MR) is 66.9 cm³/mol. The van der Waals surface area contributed by atoms with E-state index in [1.807, 2.05) is 6.07 Å². The zero-order valence-electron chi connectivity index (χ0n) is 10.4. The molecule has 1 aliphatic carbocycles. The Hall–Kier alpha value is -1.16. The first-order chi connectivity index (χ1) is 8.66. The van der Waals surface area contributed by atoms with Gasteiger partial charge in [-0.1, -0.05) is 31.4 Å². The SMILES string of the molecule is NCC1(c2cccc(OC(F)F)c2)CCCCC1. The van der Waals surface area contributed by atoms with Crippen LogP contribution in [0, 0.1) is 0 Å². The Kier molecular flexibility index (Phi) is 4.17. The van der Waals surface area contributed by atoms with Crippen molar-refractivity contribution in [2.45, 2.75) is 44.1 Å². The molecular formula is C14H19F2NO. The molecule has 0 radical (unpaired) electrons. The van der Waals surface area contributed by atoms with Gasteiger partial charge in [0.2, 0.25) is 0 Å². The molecule has 0 bridgehead atoms. The third kappa shape index (κ3) is 2.80. The van der Waals surface area contributed by atoms with E-state index in [1.54, 1.807) is 18.2 Å². The first kappa shape index (κ1) is 13.3.